The quantitative estimate of drug-likeness (QED) is 0.874. The average Bonchev–Trinajstić information content (AvgIpc) is 2.80. The van der Waals surface area contributed by atoms with Gasteiger partial charge in [-0.15, -0.1) is 0 Å². The summed E-state index contributed by atoms with van der Waals surface area (Å²) in [5.41, 5.74) is 1.04. The molecule has 0 unspecified atom stereocenters. The van der Waals surface area contributed by atoms with Crippen LogP contribution in [0.2, 0.25) is 0 Å². The van der Waals surface area contributed by atoms with E-state index in [4.69, 9.17) is 0 Å². The average molecular weight is 231 g/mol. The van der Waals surface area contributed by atoms with E-state index in [1.165, 1.54) is 0 Å². The Balaban J connectivity index is 2.49. The van der Waals surface area contributed by atoms with Crippen LogP contribution in [0.3, 0.4) is 0 Å². The third-order valence-electron chi connectivity index (χ3n) is 2.66. The van der Waals surface area contributed by atoms with Crippen LogP contribution < -0.4 is 5.32 Å². The Labute approximate surface area is 101 Å². The molecule has 0 saturated heterocycles. The van der Waals surface area contributed by atoms with Crippen LogP contribution in [0.25, 0.3) is 5.82 Å². The van der Waals surface area contributed by atoms with E-state index in [0.717, 1.165) is 36.0 Å². The Bertz CT molecular complexity index is 503. The van der Waals surface area contributed by atoms with Gasteiger partial charge < -0.3 is 5.32 Å². The molecule has 0 aromatic carbocycles. The molecule has 0 bridgehead atoms. The van der Waals surface area contributed by atoms with Gasteiger partial charge >= 0.3 is 0 Å². The number of nitrogens with zero attached hydrogens (tertiary/aromatic N) is 4. The summed E-state index contributed by atoms with van der Waals surface area (Å²) in [6, 6.07) is 0. The molecule has 0 radical (unpaired) electrons. The van der Waals surface area contributed by atoms with E-state index in [9.17, 15) is 0 Å². The lowest BCUT2D eigenvalue weighted by Gasteiger charge is -2.12. The molecule has 2 aromatic heterocycles. The monoisotopic (exact) mass is 231 g/mol. The summed E-state index contributed by atoms with van der Waals surface area (Å²) in [7, 11) is 0. The zero-order valence-corrected chi connectivity index (χ0v) is 10.4. The number of hydrogen-bond donors (Lipinski definition) is 1. The van der Waals surface area contributed by atoms with Gasteiger partial charge in [-0.3, -0.25) is 4.57 Å². The van der Waals surface area contributed by atoms with Crippen LogP contribution in [-0.2, 0) is 6.42 Å². The smallest absolute Gasteiger partial charge is 0.146 e. The third-order valence-corrected chi connectivity index (χ3v) is 2.66. The zero-order chi connectivity index (χ0) is 12.3. The van der Waals surface area contributed by atoms with Crippen LogP contribution in [-0.4, -0.2) is 26.1 Å². The molecule has 0 saturated carbocycles. The molecule has 0 fully saturated rings. The van der Waals surface area contributed by atoms with Crippen molar-refractivity contribution in [1.29, 1.82) is 0 Å². The SMILES string of the molecule is CCNc1ncnc(-n2ccnc2CC)c1C. The maximum atomic E-state index is 4.34. The molecule has 2 heterocycles. The third kappa shape index (κ3) is 2.13. The fourth-order valence-electron chi connectivity index (χ4n) is 1.82. The van der Waals surface area contributed by atoms with Crippen molar-refractivity contribution >= 4 is 5.82 Å². The highest BCUT2D eigenvalue weighted by molar-refractivity contribution is 5.51. The summed E-state index contributed by atoms with van der Waals surface area (Å²) in [6.45, 7) is 7.01. The maximum Gasteiger partial charge on any atom is 0.146 e. The lowest BCUT2D eigenvalue weighted by Crippen LogP contribution is -2.09. The zero-order valence-electron chi connectivity index (χ0n) is 10.4. The van der Waals surface area contributed by atoms with Crippen molar-refractivity contribution < 1.29 is 0 Å². The molecule has 0 aliphatic carbocycles. The van der Waals surface area contributed by atoms with Gasteiger partial charge in [0.05, 0.1) is 0 Å². The largest absolute Gasteiger partial charge is 0.370 e. The molecule has 0 aliphatic heterocycles. The van der Waals surface area contributed by atoms with E-state index in [0.29, 0.717) is 0 Å². The molecule has 5 nitrogen and oxygen atoms in total. The first-order valence-corrected chi connectivity index (χ1v) is 5.86. The minimum Gasteiger partial charge on any atom is -0.370 e. The second kappa shape index (κ2) is 4.95. The summed E-state index contributed by atoms with van der Waals surface area (Å²) >= 11 is 0. The molecule has 1 N–H and O–H groups in total. The minimum atomic E-state index is 0.849. The second-order valence-electron chi connectivity index (χ2n) is 3.77. The Morgan fingerprint density at radius 2 is 2.06 bits per heavy atom. The molecule has 0 atom stereocenters. The standard InChI is InChI=1S/C12H17N5/c1-4-10-14-6-7-17(10)12-9(3)11(13-5-2)15-8-16-12/h6-8H,4-5H2,1-3H3,(H,13,15,16). The Kier molecular flexibility index (Phi) is 3.37. The Morgan fingerprint density at radius 3 is 2.76 bits per heavy atom. The van der Waals surface area contributed by atoms with Crippen LogP contribution in [0.4, 0.5) is 5.82 Å². The van der Waals surface area contributed by atoms with Crippen LogP contribution in [0.1, 0.15) is 25.2 Å². The summed E-state index contributed by atoms with van der Waals surface area (Å²) in [5, 5.41) is 3.23. The van der Waals surface area contributed by atoms with Crippen LogP contribution in [0.15, 0.2) is 18.7 Å². The number of imidazole rings is 1. The van der Waals surface area contributed by atoms with Crippen molar-refractivity contribution in [1.82, 2.24) is 19.5 Å². The van der Waals surface area contributed by atoms with Gasteiger partial charge in [-0.25, -0.2) is 15.0 Å². The number of rotatable bonds is 4. The first kappa shape index (κ1) is 11.6. The molecular weight excluding hydrogens is 214 g/mol. The second-order valence-corrected chi connectivity index (χ2v) is 3.77. The van der Waals surface area contributed by atoms with E-state index >= 15 is 0 Å². The van der Waals surface area contributed by atoms with Crippen LogP contribution in [0.5, 0.6) is 0 Å². The molecule has 0 amide bonds. The van der Waals surface area contributed by atoms with Gasteiger partial charge in [0.15, 0.2) is 0 Å². The summed E-state index contributed by atoms with van der Waals surface area (Å²) < 4.78 is 2.01. The topological polar surface area (TPSA) is 55.6 Å². The fraction of sp³-hybridized carbons (Fsp3) is 0.417. The first-order chi connectivity index (χ1) is 8.27. The van der Waals surface area contributed by atoms with Crippen molar-refractivity contribution in [3.05, 3.63) is 30.1 Å². The summed E-state index contributed by atoms with van der Waals surface area (Å²) in [5.74, 6) is 2.79. The molecule has 5 heteroatoms. The van der Waals surface area contributed by atoms with Gasteiger partial charge in [-0.05, 0) is 13.8 Å². The fourth-order valence-corrected chi connectivity index (χ4v) is 1.82. The lowest BCUT2D eigenvalue weighted by atomic mass is 10.3. The number of aromatic nitrogens is 4. The van der Waals surface area contributed by atoms with E-state index in [1.54, 1.807) is 12.5 Å². The van der Waals surface area contributed by atoms with Crippen LogP contribution >= 0.6 is 0 Å². The number of nitrogens with one attached hydrogen (secondary N) is 1. The van der Waals surface area contributed by atoms with Gasteiger partial charge in [0.25, 0.3) is 0 Å². The van der Waals surface area contributed by atoms with E-state index in [1.807, 2.05) is 17.7 Å². The molecular formula is C12H17N5. The van der Waals surface area contributed by atoms with Gasteiger partial charge in [-0.1, -0.05) is 6.92 Å². The van der Waals surface area contributed by atoms with Gasteiger partial charge in [0.2, 0.25) is 0 Å². The molecule has 2 rings (SSSR count). The highest BCUT2D eigenvalue weighted by atomic mass is 15.1. The summed E-state index contributed by atoms with van der Waals surface area (Å²) in [6.07, 6.45) is 6.20. The number of anilines is 1. The molecule has 90 valence electrons. The predicted molar refractivity (Wildman–Crippen MR) is 67.4 cm³/mol. The van der Waals surface area contributed by atoms with Gasteiger partial charge in [0.1, 0.15) is 23.8 Å². The molecule has 17 heavy (non-hydrogen) atoms. The molecule has 0 aliphatic rings. The number of hydrogen-bond acceptors (Lipinski definition) is 4. The Morgan fingerprint density at radius 1 is 1.24 bits per heavy atom. The van der Waals surface area contributed by atoms with Crippen molar-refractivity contribution in [2.45, 2.75) is 27.2 Å². The van der Waals surface area contributed by atoms with Crippen LogP contribution in [0, 0.1) is 6.92 Å². The predicted octanol–water partition coefficient (Wildman–Crippen LogP) is 1.96. The maximum absolute atomic E-state index is 4.34. The van der Waals surface area contributed by atoms with Crippen molar-refractivity contribution in [2.24, 2.45) is 0 Å². The highest BCUT2D eigenvalue weighted by Crippen LogP contribution is 2.18. The first-order valence-electron chi connectivity index (χ1n) is 5.86. The Hall–Kier alpha value is -1.91. The van der Waals surface area contributed by atoms with Gasteiger partial charge in [-0.2, -0.15) is 0 Å². The van der Waals surface area contributed by atoms with Crippen molar-refractivity contribution in [3.63, 3.8) is 0 Å². The van der Waals surface area contributed by atoms with Crippen molar-refractivity contribution in [3.8, 4) is 5.82 Å². The van der Waals surface area contributed by atoms with E-state index < -0.39 is 0 Å². The molecule has 0 spiro atoms. The van der Waals surface area contributed by atoms with E-state index in [2.05, 4.69) is 34.1 Å². The lowest BCUT2D eigenvalue weighted by molar-refractivity contribution is 0.852. The highest BCUT2D eigenvalue weighted by Gasteiger charge is 2.10. The number of aryl methyl sites for hydroxylation is 1. The molecule has 2 aromatic rings. The van der Waals surface area contributed by atoms with E-state index in [-0.39, 0.29) is 0 Å². The van der Waals surface area contributed by atoms with Crippen molar-refractivity contribution in [2.75, 3.05) is 11.9 Å². The normalized spacial score (nSPS) is 10.5. The minimum absolute atomic E-state index is 0.849. The van der Waals surface area contributed by atoms with Gasteiger partial charge in [0, 0.05) is 30.9 Å². The summed E-state index contributed by atoms with van der Waals surface area (Å²) in [4.78, 5) is 12.9.